The van der Waals surface area contributed by atoms with Gasteiger partial charge in [-0.3, -0.25) is 0 Å². The number of thiol groups is 1. The van der Waals surface area contributed by atoms with Crippen LogP contribution in [0.5, 0.6) is 23.0 Å². The molecule has 0 aliphatic carbocycles. The SMILES string of the molecule is Cc1cc(CCC(CCc2ccc(O)c(S)c2)(c2ccc(O)c(C)c2)c2ccc(O)c(C)c2)ccc1O. The van der Waals surface area contributed by atoms with E-state index in [0.717, 1.165) is 64.6 Å². The lowest BCUT2D eigenvalue weighted by molar-refractivity contribution is 0.429. The predicted octanol–water partition coefficient (Wildman–Crippen LogP) is 7.27. The summed E-state index contributed by atoms with van der Waals surface area (Å²) in [6, 6.07) is 22.8. The highest BCUT2D eigenvalue weighted by Crippen LogP contribution is 2.44. The molecule has 4 nitrogen and oxygen atoms in total. The van der Waals surface area contributed by atoms with Gasteiger partial charge in [-0.15, -0.1) is 12.6 Å². The quantitative estimate of drug-likeness (QED) is 0.160. The summed E-state index contributed by atoms with van der Waals surface area (Å²) in [5, 5.41) is 40.6. The summed E-state index contributed by atoms with van der Waals surface area (Å²) in [7, 11) is 0. The largest absolute Gasteiger partial charge is 0.508 e. The molecule has 4 rings (SSSR count). The first-order chi connectivity index (χ1) is 17.6. The fraction of sp³-hybridized carbons (Fsp3) is 0.250. The van der Waals surface area contributed by atoms with Crippen molar-refractivity contribution in [2.24, 2.45) is 0 Å². The van der Waals surface area contributed by atoms with Crippen molar-refractivity contribution in [3.05, 3.63) is 112 Å². The summed E-state index contributed by atoms with van der Waals surface area (Å²) < 4.78 is 0. The lowest BCUT2D eigenvalue weighted by atomic mass is 9.67. The Morgan fingerprint density at radius 1 is 0.541 bits per heavy atom. The summed E-state index contributed by atoms with van der Waals surface area (Å²) >= 11 is 4.40. The topological polar surface area (TPSA) is 80.9 Å². The zero-order valence-electron chi connectivity index (χ0n) is 21.5. The molecular weight excluding hydrogens is 480 g/mol. The van der Waals surface area contributed by atoms with Crippen molar-refractivity contribution in [1.29, 1.82) is 0 Å². The van der Waals surface area contributed by atoms with Crippen molar-refractivity contribution in [2.45, 2.75) is 56.8 Å². The Balaban J connectivity index is 1.84. The molecule has 0 aromatic heterocycles. The van der Waals surface area contributed by atoms with Gasteiger partial charge in [-0.05, 0) is 116 Å². The predicted molar refractivity (Wildman–Crippen MR) is 151 cm³/mol. The number of benzene rings is 4. The maximum Gasteiger partial charge on any atom is 0.128 e. The standard InChI is InChI=1S/C32H34O4S/c1-20-16-23(4-8-27(20)33)12-14-32(25-6-10-28(34)21(2)17-25,26-7-11-29(35)22(3)18-26)15-13-24-5-9-30(36)31(37)19-24/h4-11,16-19,33-37H,12-15H2,1-3H3. The second kappa shape index (κ2) is 10.8. The van der Waals surface area contributed by atoms with Crippen molar-refractivity contribution in [3.8, 4) is 23.0 Å². The molecule has 5 heteroatoms. The molecule has 0 bridgehead atoms. The number of aromatic hydroxyl groups is 4. The van der Waals surface area contributed by atoms with Crippen LogP contribution in [0, 0.1) is 20.8 Å². The number of hydrogen-bond acceptors (Lipinski definition) is 5. The van der Waals surface area contributed by atoms with E-state index in [4.69, 9.17) is 0 Å². The van der Waals surface area contributed by atoms with Crippen LogP contribution >= 0.6 is 12.6 Å². The van der Waals surface area contributed by atoms with Crippen molar-refractivity contribution >= 4 is 12.6 Å². The third kappa shape index (κ3) is 5.72. The van der Waals surface area contributed by atoms with E-state index in [9.17, 15) is 20.4 Å². The maximum absolute atomic E-state index is 10.3. The highest BCUT2D eigenvalue weighted by molar-refractivity contribution is 7.80. The van der Waals surface area contributed by atoms with Crippen molar-refractivity contribution < 1.29 is 20.4 Å². The van der Waals surface area contributed by atoms with E-state index >= 15 is 0 Å². The molecule has 0 atom stereocenters. The Morgan fingerprint density at radius 2 is 0.946 bits per heavy atom. The smallest absolute Gasteiger partial charge is 0.128 e. The van der Waals surface area contributed by atoms with Crippen molar-refractivity contribution in [1.82, 2.24) is 0 Å². The second-order valence-corrected chi connectivity index (χ2v) is 10.5. The lowest BCUT2D eigenvalue weighted by Gasteiger charge is -2.37. The molecule has 0 fully saturated rings. The molecule has 0 aliphatic rings. The van der Waals surface area contributed by atoms with Gasteiger partial charge >= 0.3 is 0 Å². The first kappa shape index (κ1) is 26.5. The molecule has 4 aromatic carbocycles. The molecule has 0 saturated heterocycles. The minimum Gasteiger partial charge on any atom is -0.508 e. The molecule has 4 N–H and O–H groups in total. The first-order valence-electron chi connectivity index (χ1n) is 12.5. The Bertz CT molecular complexity index is 1320. The van der Waals surface area contributed by atoms with Crippen LogP contribution < -0.4 is 0 Å². The Hall–Kier alpha value is -3.57. The highest BCUT2D eigenvalue weighted by Gasteiger charge is 2.35. The fourth-order valence-corrected chi connectivity index (χ4v) is 5.33. The van der Waals surface area contributed by atoms with Crippen LogP contribution in [0.2, 0.25) is 0 Å². The molecule has 0 amide bonds. The number of phenols is 4. The van der Waals surface area contributed by atoms with Crippen LogP contribution in [0.15, 0.2) is 77.7 Å². The minimum atomic E-state index is -0.433. The molecule has 37 heavy (non-hydrogen) atoms. The van der Waals surface area contributed by atoms with Gasteiger partial charge < -0.3 is 20.4 Å². The van der Waals surface area contributed by atoms with E-state index in [2.05, 4.69) is 24.8 Å². The highest BCUT2D eigenvalue weighted by atomic mass is 32.1. The van der Waals surface area contributed by atoms with Gasteiger partial charge in [0.15, 0.2) is 0 Å². The van der Waals surface area contributed by atoms with Crippen LogP contribution in [0.4, 0.5) is 0 Å². The first-order valence-corrected chi connectivity index (χ1v) is 12.9. The van der Waals surface area contributed by atoms with Gasteiger partial charge in [-0.25, -0.2) is 0 Å². The summed E-state index contributed by atoms with van der Waals surface area (Å²) in [5.41, 5.74) is 6.40. The van der Waals surface area contributed by atoms with E-state index in [-0.39, 0.29) is 23.0 Å². The van der Waals surface area contributed by atoms with Crippen LogP contribution in [0.1, 0.15) is 51.8 Å². The lowest BCUT2D eigenvalue weighted by Crippen LogP contribution is -2.30. The van der Waals surface area contributed by atoms with Gasteiger partial charge in [-0.1, -0.05) is 42.5 Å². The van der Waals surface area contributed by atoms with Gasteiger partial charge in [0.2, 0.25) is 0 Å². The van der Waals surface area contributed by atoms with Gasteiger partial charge in [0.05, 0.1) is 0 Å². The van der Waals surface area contributed by atoms with Gasteiger partial charge in [0.1, 0.15) is 23.0 Å². The molecule has 192 valence electrons. The van der Waals surface area contributed by atoms with Crippen LogP contribution in [-0.4, -0.2) is 20.4 Å². The average molecular weight is 515 g/mol. The maximum atomic E-state index is 10.3. The van der Waals surface area contributed by atoms with Gasteiger partial charge in [0, 0.05) is 10.3 Å². The van der Waals surface area contributed by atoms with Crippen LogP contribution in [0.25, 0.3) is 0 Å². The zero-order valence-corrected chi connectivity index (χ0v) is 22.4. The molecule has 0 aliphatic heterocycles. The molecule has 0 heterocycles. The van der Waals surface area contributed by atoms with E-state index < -0.39 is 5.41 Å². The second-order valence-electron chi connectivity index (χ2n) is 10.0. The van der Waals surface area contributed by atoms with Crippen molar-refractivity contribution in [2.75, 3.05) is 0 Å². The van der Waals surface area contributed by atoms with Crippen LogP contribution in [-0.2, 0) is 18.3 Å². The third-order valence-corrected chi connectivity index (χ3v) is 7.84. The Labute approximate surface area is 224 Å². The summed E-state index contributed by atoms with van der Waals surface area (Å²) in [4.78, 5) is 0.545. The van der Waals surface area contributed by atoms with Gasteiger partial charge in [0.25, 0.3) is 0 Å². The number of phenolic OH excluding ortho intramolecular Hbond substituents is 4. The molecule has 0 saturated carbocycles. The minimum absolute atomic E-state index is 0.157. The molecule has 0 unspecified atom stereocenters. The number of rotatable bonds is 8. The molecule has 0 spiro atoms. The Kier molecular flexibility index (Phi) is 7.74. The van der Waals surface area contributed by atoms with E-state index in [1.807, 2.05) is 57.2 Å². The molecule has 4 aromatic rings. The summed E-state index contributed by atoms with van der Waals surface area (Å²) in [6.07, 6.45) is 3.05. The summed E-state index contributed by atoms with van der Waals surface area (Å²) in [5.74, 6) is 0.955. The van der Waals surface area contributed by atoms with E-state index in [1.54, 1.807) is 24.3 Å². The number of hydrogen-bond donors (Lipinski definition) is 5. The Morgan fingerprint density at radius 3 is 1.38 bits per heavy atom. The van der Waals surface area contributed by atoms with Crippen LogP contribution in [0.3, 0.4) is 0 Å². The molecular formula is C32H34O4S. The third-order valence-electron chi connectivity index (χ3n) is 7.48. The molecule has 0 radical (unpaired) electrons. The zero-order chi connectivity index (χ0) is 26.7. The summed E-state index contributed by atoms with van der Waals surface area (Å²) in [6.45, 7) is 5.71. The monoisotopic (exact) mass is 514 g/mol. The normalized spacial score (nSPS) is 11.6. The van der Waals surface area contributed by atoms with Crippen molar-refractivity contribution in [3.63, 3.8) is 0 Å². The van der Waals surface area contributed by atoms with E-state index in [1.165, 1.54) is 0 Å². The van der Waals surface area contributed by atoms with Gasteiger partial charge in [-0.2, -0.15) is 0 Å². The average Bonchev–Trinajstić information content (AvgIpc) is 2.87. The fourth-order valence-electron chi connectivity index (χ4n) is 5.09. The van der Waals surface area contributed by atoms with E-state index in [0.29, 0.717) is 4.90 Å². The number of aryl methyl sites for hydroxylation is 5.